The summed E-state index contributed by atoms with van der Waals surface area (Å²) in [4.78, 5) is 16.5. The van der Waals surface area contributed by atoms with Crippen molar-refractivity contribution in [3.63, 3.8) is 0 Å². The highest BCUT2D eigenvalue weighted by molar-refractivity contribution is 5.85. The average molecular weight is 441 g/mol. The van der Waals surface area contributed by atoms with Crippen molar-refractivity contribution in [3.05, 3.63) is 48.0 Å². The lowest BCUT2D eigenvalue weighted by Gasteiger charge is -2.27. The highest BCUT2D eigenvalue weighted by Crippen LogP contribution is 2.19. The molecule has 0 amide bonds. The fourth-order valence-electron chi connectivity index (χ4n) is 4.50. The van der Waals surface area contributed by atoms with E-state index < -0.39 is 0 Å². The van der Waals surface area contributed by atoms with E-state index in [4.69, 9.17) is 9.47 Å². The van der Waals surface area contributed by atoms with Crippen molar-refractivity contribution in [1.29, 1.82) is 0 Å². The normalized spacial score (nSPS) is 14.8. The standard InChI is InChI=1S/C27H40N2O3/c1-31-27(30)14-3-2-6-16-28(17-7-8-18-29-20-22-32-23-21-29)19-15-25-12-9-11-24-10-4-5-13-26(24)25/h4-5,9-13H,2-3,6-8,14-23H2,1H3. The van der Waals surface area contributed by atoms with E-state index in [1.807, 2.05) is 0 Å². The molecule has 2 aromatic carbocycles. The van der Waals surface area contributed by atoms with Crippen molar-refractivity contribution in [2.24, 2.45) is 0 Å². The van der Waals surface area contributed by atoms with Crippen LogP contribution in [0.2, 0.25) is 0 Å². The van der Waals surface area contributed by atoms with Gasteiger partial charge in [-0.3, -0.25) is 9.69 Å². The number of hydrogen-bond donors (Lipinski definition) is 0. The molecule has 0 aliphatic carbocycles. The number of methoxy groups -OCH3 is 1. The summed E-state index contributed by atoms with van der Waals surface area (Å²) in [5, 5.41) is 2.70. The summed E-state index contributed by atoms with van der Waals surface area (Å²) in [5.74, 6) is -0.0964. The molecule has 0 aromatic heterocycles. The lowest BCUT2D eigenvalue weighted by molar-refractivity contribution is -0.140. The SMILES string of the molecule is COC(=O)CCCCCN(CCCCN1CCOCC1)CCc1cccc2ccccc12. The van der Waals surface area contributed by atoms with Crippen molar-refractivity contribution < 1.29 is 14.3 Å². The maximum atomic E-state index is 11.3. The third kappa shape index (κ3) is 8.53. The van der Waals surface area contributed by atoms with Gasteiger partial charge in [-0.05, 0) is 68.1 Å². The second-order valence-corrected chi connectivity index (χ2v) is 8.78. The minimum atomic E-state index is -0.0964. The van der Waals surface area contributed by atoms with Gasteiger partial charge in [0.1, 0.15) is 0 Å². The van der Waals surface area contributed by atoms with Gasteiger partial charge in [0.05, 0.1) is 20.3 Å². The lowest BCUT2D eigenvalue weighted by Crippen LogP contribution is -2.37. The molecule has 1 aliphatic heterocycles. The van der Waals surface area contributed by atoms with Crippen LogP contribution >= 0.6 is 0 Å². The second-order valence-electron chi connectivity index (χ2n) is 8.78. The summed E-state index contributed by atoms with van der Waals surface area (Å²) in [7, 11) is 1.47. The van der Waals surface area contributed by atoms with E-state index in [0.29, 0.717) is 6.42 Å². The van der Waals surface area contributed by atoms with Gasteiger partial charge < -0.3 is 14.4 Å². The number of hydrogen-bond acceptors (Lipinski definition) is 5. The van der Waals surface area contributed by atoms with Crippen LogP contribution in [0.25, 0.3) is 10.8 Å². The number of fused-ring (bicyclic) bond motifs is 1. The summed E-state index contributed by atoms with van der Waals surface area (Å²) < 4.78 is 10.2. The van der Waals surface area contributed by atoms with Gasteiger partial charge in [0.25, 0.3) is 0 Å². The largest absolute Gasteiger partial charge is 0.469 e. The third-order valence-corrected chi connectivity index (χ3v) is 6.46. The van der Waals surface area contributed by atoms with E-state index in [-0.39, 0.29) is 5.97 Å². The molecule has 176 valence electrons. The lowest BCUT2D eigenvalue weighted by atomic mass is 10.0. The summed E-state index contributed by atoms with van der Waals surface area (Å²) >= 11 is 0. The van der Waals surface area contributed by atoms with Crippen molar-refractivity contribution in [3.8, 4) is 0 Å². The van der Waals surface area contributed by atoms with Gasteiger partial charge in [-0.25, -0.2) is 0 Å². The zero-order valence-corrected chi connectivity index (χ0v) is 19.8. The van der Waals surface area contributed by atoms with Gasteiger partial charge in [-0.1, -0.05) is 48.9 Å². The molecule has 5 heteroatoms. The summed E-state index contributed by atoms with van der Waals surface area (Å²) in [6.07, 6.45) is 7.21. The molecule has 32 heavy (non-hydrogen) atoms. The first-order valence-electron chi connectivity index (χ1n) is 12.3. The molecule has 1 fully saturated rings. The van der Waals surface area contributed by atoms with E-state index in [2.05, 4.69) is 52.3 Å². The number of morpholine rings is 1. The number of carbonyl (C=O) groups is 1. The van der Waals surface area contributed by atoms with E-state index in [1.54, 1.807) is 0 Å². The molecule has 0 spiro atoms. The number of nitrogens with zero attached hydrogens (tertiary/aromatic N) is 2. The molecule has 0 radical (unpaired) electrons. The Morgan fingerprint density at radius 1 is 0.938 bits per heavy atom. The van der Waals surface area contributed by atoms with Crippen LogP contribution in [0.1, 0.15) is 44.1 Å². The van der Waals surface area contributed by atoms with E-state index in [1.165, 1.54) is 42.8 Å². The van der Waals surface area contributed by atoms with Crippen LogP contribution in [0.15, 0.2) is 42.5 Å². The molecule has 0 bridgehead atoms. The number of rotatable bonds is 14. The van der Waals surface area contributed by atoms with Crippen LogP contribution in [-0.4, -0.2) is 75.4 Å². The van der Waals surface area contributed by atoms with Crippen LogP contribution < -0.4 is 0 Å². The van der Waals surface area contributed by atoms with Crippen molar-refractivity contribution >= 4 is 16.7 Å². The molecule has 1 heterocycles. The molecule has 1 aliphatic rings. The van der Waals surface area contributed by atoms with Crippen LogP contribution in [0, 0.1) is 0 Å². The highest BCUT2D eigenvalue weighted by atomic mass is 16.5. The third-order valence-electron chi connectivity index (χ3n) is 6.46. The Morgan fingerprint density at radius 2 is 1.69 bits per heavy atom. The number of carbonyl (C=O) groups excluding carboxylic acids is 1. The minimum absolute atomic E-state index is 0.0964. The predicted molar refractivity (Wildman–Crippen MR) is 131 cm³/mol. The monoisotopic (exact) mass is 440 g/mol. The predicted octanol–water partition coefficient (Wildman–Crippen LogP) is 4.53. The Hall–Kier alpha value is -1.95. The number of benzene rings is 2. The number of esters is 1. The van der Waals surface area contributed by atoms with Gasteiger partial charge in [0.15, 0.2) is 0 Å². The second kappa shape index (κ2) is 14.2. The van der Waals surface area contributed by atoms with Gasteiger partial charge in [0, 0.05) is 26.1 Å². The van der Waals surface area contributed by atoms with Gasteiger partial charge in [0.2, 0.25) is 0 Å². The van der Waals surface area contributed by atoms with Gasteiger partial charge in [-0.15, -0.1) is 0 Å². The Kier molecular flexibility index (Phi) is 11.0. The van der Waals surface area contributed by atoms with Crippen molar-refractivity contribution in [2.75, 3.05) is 59.6 Å². The number of unbranched alkanes of at least 4 members (excludes halogenated alkanes) is 3. The van der Waals surface area contributed by atoms with Crippen LogP contribution in [0.4, 0.5) is 0 Å². The van der Waals surface area contributed by atoms with E-state index >= 15 is 0 Å². The van der Waals surface area contributed by atoms with Crippen molar-refractivity contribution in [1.82, 2.24) is 9.80 Å². The van der Waals surface area contributed by atoms with Gasteiger partial charge >= 0.3 is 5.97 Å². The van der Waals surface area contributed by atoms with Crippen molar-refractivity contribution in [2.45, 2.75) is 44.9 Å². The van der Waals surface area contributed by atoms with E-state index in [0.717, 1.165) is 71.6 Å². The zero-order chi connectivity index (χ0) is 22.4. The zero-order valence-electron chi connectivity index (χ0n) is 19.8. The first-order chi connectivity index (χ1) is 15.8. The first kappa shape index (κ1) is 24.7. The quantitative estimate of drug-likeness (QED) is 0.319. The van der Waals surface area contributed by atoms with Crippen LogP contribution in [-0.2, 0) is 20.7 Å². The maximum absolute atomic E-state index is 11.3. The molecule has 1 saturated heterocycles. The molecule has 0 saturated carbocycles. The highest BCUT2D eigenvalue weighted by Gasteiger charge is 2.11. The minimum Gasteiger partial charge on any atom is -0.469 e. The summed E-state index contributed by atoms with van der Waals surface area (Å²) in [5.41, 5.74) is 1.44. The molecule has 3 rings (SSSR count). The Bertz CT molecular complexity index is 799. The van der Waals surface area contributed by atoms with Crippen LogP contribution in [0.3, 0.4) is 0 Å². The fraction of sp³-hybridized carbons (Fsp3) is 0.593. The first-order valence-corrected chi connectivity index (χ1v) is 12.3. The molecule has 0 atom stereocenters. The van der Waals surface area contributed by atoms with E-state index in [9.17, 15) is 4.79 Å². The molecular formula is C27H40N2O3. The van der Waals surface area contributed by atoms with Crippen LogP contribution in [0.5, 0.6) is 0 Å². The molecular weight excluding hydrogens is 400 g/mol. The Labute approximate surface area is 193 Å². The topological polar surface area (TPSA) is 42.0 Å². The Balaban J connectivity index is 1.46. The van der Waals surface area contributed by atoms with Gasteiger partial charge in [-0.2, -0.15) is 0 Å². The molecule has 0 N–H and O–H groups in total. The molecule has 0 unspecified atom stereocenters. The summed E-state index contributed by atoms with van der Waals surface area (Å²) in [6.45, 7) is 8.42. The number of ether oxygens (including phenoxy) is 2. The molecule has 2 aromatic rings. The fourth-order valence-corrected chi connectivity index (χ4v) is 4.50. The average Bonchev–Trinajstić information content (AvgIpc) is 2.84. The maximum Gasteiger partial charge on any atom is 0.305 e. The smallest absolute Gasteiger partial charge is 0.305 e. The Morgan fingerprint density at radius 3 is 2.50 bits per heavy atom. The summed E-state index contributed by atoms with van der Waals surface area (Å²) in [6, 6.07) is 15.3. The molecule has 5 nitrogen and oxygen atoms in total.